The van der Waals surface area contributed by atoms with E-state index < -0.39 is 23.4 Å². The Kier molecular flexibility index (Phi) is 5.87. The van der Waals surface area contributed by atoms with Crippen LogP contribution < -0.4 is 5.32 Å². The molecule has 0 heterocycles. The van der Waals surface area contributed by atoms with Crippen LogP contribution in [-0.4, -0.2) is 30.3 Å². The zero-order valence-corrected chi connectivity index (χ0v) is 13.6. The van der Waals surface area contributed by atoms with E-state index in [-0.39, 0.29) is 29.2 Å². The predicted molar refractivity (Wildman–Crippen MR) is 86.6 cm³/mol. The molecule has 4 nitrogen and oxygen atoms in total. The van der Waals surface area contributed by atoms with Crippen molar-refractivity contribution in [3.8, 4) is 0 Å². The van der Waals surface area contributed by atoms with E-state index in [4.69, 9.17) is 11.6 Å². The Morgan fingerprint density at radius 3 is 2.42 bits per heavy atom. The second-order valence-electron chi connectivity index (χ2n) is 5.14. The van der Waals surface area contributed by atoms with Crippen molar-refractivity contribution >= 4 is 23.4 Å². The number of carbonyl (C=O) groups excluding carboxylic acids is 2. The van der Waals surface area contributed by atoms with Crippen LogP contribution >= 0.6 is 11.6 Å². The maximum absolute atomic E-state index is 13.7. The van der Waals surface area contributed by atoms with Gasteiger partial charge in [0.15, 0.2) is 0 Å². The monoisotopic (exact) mass is 352 g/mol. The Labute approximate surface area is 143 Å². The van der Waals surface area contributed by atoms with Gasteiger partial charge in [0.25, 0.3) is 5.91 Å². The fourth-order valence-corrected chi connectivity index (χ4v) is 2.23. The van der Waals surface area contributed by atoms with E-state index in [1.165, 1.54) is 42.3 Å². The van der Waals surface area contributed by atoms with Gasteiger partial charge in [-0.15, -0.1) is 0 Å². The summed E-state index contributed by atoms with van der Waals surface area (Å²) >= 11 is 5.92. The molecule has 2 aromatic rings. The fraction of sp³-hybridized carbons (Fsp3) is 0.176. The minimum absolute atomic E-state index is 0.0171. The Balaban J connectivity index is 1.92. The summed E-state index contributed by atoms with van der Waals surface area (Å²) in [5.74, 6) is -1.87. The molecule has 2 rings (SSSR count). The molecule has 0 bridgehead atoms. The highest BCUT2D eigenvalue weighted by Crippen LogP contribution is 2.20. The average Bonchev–Trinajstić information content (AvgIpc) is 2.56. The molecular formula is C17H15ClF2N2O2. The van der Waals surface area contributed by atoms with E-state index in [1.54, 1.807) is 0 Å². The van der Waals surface area contributed by atoms with Crippen molar-refractivity contribution < 1.29 is 18.4 Å². The molecule has 0 aliphatic carbocycles. The summed E-state index contributed by atoms with van der Waals surface area (Å²) in [5.41, 5.74) is 0.448. The molecule has 126 valence electrons. The van der Waals surface area contributed by atoms with Crippen molar-refractivity contribution in [1.29, 1.82) is 0 Å². The van der Waals surface area contributed by atoms with Crippen molar-refractivity contribution in [2.24, 2.45) is 0 Å². The highest BCUT2D eigenvalue weighted by molar-refractivity contribution is 6.31. The lowest BCUT2D eigenvalue weighted by atomic mass is 10.2. The quantitative estimate of drug-likeness (QED) is 0.899. The number of likely N-dealkylation sites (N-methyl/N-ethyl adjacent to an activating group) is 1. The number of rotatable bonds is 5. The van der Waals surface area contributed by atoms with Gasteiger partial charge in [-0.05, 0) is 36.4 Å². The molecule has 0 unspecified atom stereocenters. The van der Waals surface area contributed by atoms with Crippen LogP contribution in [0.4, 0.5) is 8.78 Å². The van der Waals surface area contributed by atoms with E-state index in [9.17, 15) is 18.4 Å². The van der Waals surface area contributed by atoms with Gasteiger partial charge in [-0.1, -0.05) is 17.7 Å². The third-order valence-corrected chi connectivity index (χ3v) is 3.74. The van der Waals surface area contributed by atoms with Crippen molar-refractivity contribution in [2.75, 3.05) is 13.6 Å². The number of carbonyl (C=O) groups is 2. The van der Waals surface area contributed by atoms with E-state index in [0.717, 1.165) is 12.1 Å². The van der Waals surface area contributed by atoms with Crippen LogP contribution in [0, 0.1) is 11.6 Å². The van der Waals surface area contributed by atoms with Crippen LogP contribution in [0.15, 0.2) is 42.5 Å². The summed E-state index contributed by atoms with van der Waals surface area (Å²) < 4.78 is 26.5. The maximum Gasteiger partial charge on any atom is 0.251 e. The summed E-state index contributed by atoms with van der Waals surface area (Å²) in [6, 6.07) is 9.22. The average molecular weight is 353 g/mol. The SMILES string of the molecule is CN(Cc1c(F)cccc1Cl)C(=O)CNC(=O)c1ccc(F)cc1. The maximum atomic E-state index is 13.7. The zero-order valence-electron chi connectivity index (χ0n) is 12.9. The molecule has 0 spiro atoms. The van der Waals surface area contributed by atoms with Crippen molar-refractivity contribution in [2.45, 2.75) is 6.54 Å². The molecule has 0 aromatic heterocycles. The van der Waals surface area contributed by atoms with Crippen molar-refractivity contribution in [3.63, 3.8) is 0 Å². The Bertz CT molecular complexity index is 731. The first-order chi connectivity index (χ1) is 11.4. The van der Waals surface area contributed by atoms with Gasteiger partial charge in [0.2, 0.25) is 5.91 Å². The lowest BCUT2D eigenvalue weighted by molar-refractivity contribution is -0.129. The molecule has 0 radical (unpaired) electrons. The van der Waals surface area contributed by atoms with Gasteiger partial charge in [0.05, 0.1) is 6.54 Å². The molecule has 1 N–H and O–H groups in total. The Hall–Kier alpha value is -2.47. The van der Waals surface area contributed by atoms with Crippen molar-refractivity contribution in [1.82, 2.24) is 10.2 Å². The van der Waals surface area contributed by atoms with Gasteiger partial charge in [0, 0.05) is 29.7 Å². The molecule has 0 aliphatic heterocycles. The summed E-state index contributed by atoms with van der Waals surface area (Å²) in [6.45, 7) is -0.282. The Morgan fingerprint density at radius 2 is 1.79 bits per heavy atom. The van der Waals surface area contributed by atoms with E-state index in [0.29, 0.717) is 0 Å². The lowest BCUT2D eigenvalue weighted by Crippen LogP contribution is -2.38. The van der Waals surface area contributed by atoms with Gasteiger partial charge in [-0.3, -0.25) is 9.59 Å². The molecule has 7 heteroatoms. The highest BCUT2D eigenvalue weighted by atomic mass is 35.5. The van der Waals surface area contributed by atoms with Crippen LogP contribution in [0.3, 0.4) is 0 Å². The summed E-state index contributed by atoms with van der Waals surface area (Å²) in [4.78, 5) is 25.2. The van der Waals surface area contributed by atoms with Crippen LogP contribution in [0.5, 0.6) is 0 Å². The summed E-state index contributed by atoms with van der Waals surface area (Å²) in [7, 11) is 1.48. The summed E-state index contributed by atoms with van der Waals surface area (Å²) in [5, 5.41) is 2.66. The lowest BCUT2D eigenvalue weighted by Gasteiger charge is -2.18. The van der Waals surface area contributed by atoms with Gasteiger partial charge in [-0.2, -0.15) is 0 Å². The predicted octanol–water partition coefficient (Wildman–Crippen LogP) is 3.01. The standard InChI is InChI=1S/C17H15ClF2N2O2/c1-22(10-13-14(18)3-2-4-15(13)20)16(23)9-21-17(24)11-5-7-12(19)8-6-11/h2-8H,9-10H2,1H3,(H,21,24). The van der Waals surface area contributed by atoms with E-state index in [2.05, 4.69) is 5.32 Å². The minimum Gasteiger partial charge on any atom is -0.343 e. The molecule has 2 aromatic carbocycles. The van der Waals surface area contributed by atoms with E-state index >= 15 is 0 Å². The first kappa shape index (κ1) is 17.9. The molecule has 2 amide bonds. The van der Waals surface area contributed by atoms with Gasteiger partial charge in [-0.25, -0.2) is 8.78 Å². The number of amides is 2. The first-order valence-corrected chi connectivity index (χ1v) is 7.47. The molecule has 0 atom stereocenters. The number of nitrogens with one attached hydrogen (secondary N) is 1. The van der Waals surface area contributed by atoms with Gasteiger partial charge in [0.1, 0.15) is 11.6 Å². The van der Waals surface area contributed by atoms with Crippen molar-refractivity contribution in [3.05, 3.63) is 70.2 Å². The van der Waals surface area contributed by atoms with Crippen LogP contribution in [0.1, 0.15) is 15.9 Å². The van der Waals surface area contributed by atoms with E-state index in [1.807, 2.05) is 0 Å². The molecule has 0 fully saturated rings. The molecule has 24 heavy (non-hydrogen) atoms. The number of hydrogen-bond donors (Lipinski definition) is 1. The number of benzene rings is 2. The first-order valence-electron chi connectivity index (χ1n) is 7.09. The largest absolute Gasteiger partial charge is 0.343 e. The van der Waals surface area contributed by atoms with Gasteiger partial charge < -0.3 is 10.2 Å². The number of halogens is 3. The molecule has 0 aliphatic rings. The van der Waals surface area contributed by atoms with Crippen LogP contribution in [-0.2, 0) is 11.3 Å². The Morgan fingerprint density at radius 1 is 1.12 bits per heavy atom. The molecular weight excluding hydrogens is 338 g/mol. The zero-order chi connectivity index (χ0) is 17.7. The topological polar surface area (TPSA) is 49.4 Å². The van der Waals surface area contributed by atoms with Gasteiger partial charge >= 0.3 is 0 Å². The smallest absolute Gasteiger partial charge is 0.251 e. The minimum atomic E-state index is -0.502. The second-order valence-corrected chi connectivity index (χ2v) is 5.55. The molecule has 0 saturated carbocycles. The van der Waals surface area contributed by atoms with Crippen LogP contribution in [0.2, 0.25) is 5.02 Å². The third kappa shape index (κ3) is 4.52. The highest BCUT2D eigenvalue weighted by Gasteiger charge is 2.15. The number of nitrogens with zero attached hydrogens (tertiary/aromatic N) is 1. The molecule has 0 saturated heterocycles. The van der Waals surface area contributed by atoms with Crippen LogP contribution in [0.25, 0.3) is 0 Å². The fourth-order valence-electron chi connectivity index (χ4n) is 2.00. The summed E-state index contributed by atoms with van der Waals surface area (Å²) in [6.07, 6.45) is 0. The normalized spacial score (nSPS) is 10.3. The number of hydrogen-bond acceptors (Lipinski definition) is 2. The second kappa shape index (κ2) is 7.88. The third-order valence-electron chi connectivity index (χ3n) is 3.39.